The van der Waals surface area contributed by atoms with Crippen LogP contribution >= 0.6 is 0 Å². The Morgan fingerprint density at radius 2 is 1.96 bits per heavy atom. The first-order valence-corrected chi connectivity index (χ1v) is 12.3. The normalized spacial score (nSPS) is 12.5. The molecular weight excluding hydrogens is 316 g/mol. The van der Waals surface area contributed by atoms with Crippen molar-refractivity contribution < 1.29 is 14.3 Å². The topological polar surface area (TPSA) is 35.5 Å². The molecule has 0 aliphatic rings. The average molecular weight is 347 g/mol. The minimum Gasteiger partial charge on any atom is -0.464 e. The van der Waals surface area contributed by atoms with Crippen LogP contribution in [0.25, 0.3) is 0 Å². The molecule has 1 atom stereocenters. The zero-order valence-electron chi connectivity index (χ0n) is 15.8. The van der Waals surface area contributed by atoms with E-state index in [1.54, 1.807) is 6.92 Å². The van der Waals surface area contributed by atoms with Crippen LogP contribution in [-0.4, -0.2) is 32.9 Å². The lowest BCUT2D eigenvalue weighted by Crippen LogP contribution is -2.31. The molecule has 1 aromatic rings. The van der Waals surface area contributed by atoms with Crippen molar-refractivity contribution in [2.75, 3.05) is 6.61 Å². The van der Waals surface area contributed by atoms with Gasteiger partial charge in [0.1, 0.15) is 0 Å². The van der Waals surface area contributed by atoms with E-state index in [0.717, 1.165) is 17.2 Å². The number of carbonyl (C=O) groups excluding carboxylic acids is 1. The van der Waals surface area contributed by atoms with Gasteiger partial charge in [-0.25, -0.2) is 4.79 Å². The van der Waals surface area contributed by atoms with Crippen LogP contribution in [0, 0.1) is 11.8 Å². The minimum absolute atomic E-state index is 0.0286. The van der Waals surface area contributed by atoms with E-state index in [2.05, 4.69) is 31.5 Å². The predicted molar refractivity (Wildman–Crippen MR) is 102 cm³/mol. The molecule has 0 amide bonds. The zero-order valence-corrected chi connectivity index (χ0v) is 16.8. The monoisotopic (exact) mass is 346 g/mol. The zero-order chi connectivity index (χ0) is 18.2. The van der Waals surface area contributed by atoms with E-state index in [-0.39, 0.29) is 12.1 Å². The van der Waals surface area contributed by atoms with Gasteiger partial charge in [-0.3, -0.25) is 0 Å². The van der Waals surface area contributed by atoms with Gasteiger partial charge in [0.05, 0.1) is 20.8 Å². The summed E-state index contributed by atoms with van der Waals surface area (Å²) in [6, 6.07) is 9.00. The average Bonchev–Trinajstić information content (AvgIpc) is 2.45. The van der Waals surface area contributed by atoms with E-state index < -0.39 is 14.2 Å². The van der Waals surface area contributed by atoms with E-state index in [1.807, 2.05) is 38.1 Å². The summed E-state index contributed by atoms with van der Waals surface area (Å²) < 4.78 is 10.9. The number of esters is 1. The number of ether oxygens (including phenoxy) is 2. The van der Waals surface area contributed by atoms with E-state index in [4.69, 9.17) is 9.47 Å². The van der Waals surface area contributed by atoms with Crippen molar-refractivity contribution in [2.24, 2.45) is 0 Å². The van der Waals surface area contributed by atoms with Gasteiger partial charge in [-0.05, 0) is 38.5 Å². The number of carbonyl (C=O) groups is 1. The van der Waals surface area contributed by atoms with Crippen LogP contribution in [0.15, 0.2) is 24.3 Å². The molecule has 0 aromatic heterocycles. The van der Waals surface area contributed by atoms with Gasteiger partial charge in [0.25, 0.3) is 0 Å². The smallest absolute Gasteiger partial charge is 0.335 e. The summed E-state index contributed by atoms with van der Waals surface area (Å²) in [5.41, 5.74) is 2.02. The van der Waals surface area contributed by atoms with Crippen LogP contribution in [0.1, 0.15) is 31.9 Å². The lowest BCUT2D eigenvalue weighted by molar-refractivity contribution is -0.159. The van der Waals surface area contributed by atoms with Gasteiger partial charge in [0.15, 0.2) is 6.10 Å². The van der Waals surface area contributed by atoms with E-state index in [0.29, 0.717) is 13.0 Å². The predicted octanol–water partition coefficient (Wildman–Crippen LogP) is 4.28. The molecule has 0 radical (unpaired) electrons. The number of hydrogen-bond donors (Lipinski definition) is 0. The van der Waals surface area contributed by atoms with Gasteiger partial charge in [-0.2, -0.15) is 0 Å². The van der Waals surface area contributed by atoms with Crippen molar-refractivity contribution in [3.05, 3.63) is 35.4 Å². The Balaban J connectivity index is 2.84. The van der Waals surface area contributed by atoms with Crippen LogP contribution in [0.3, 0.4) is 0 Å². The fourth-order valence-electron chi connectivity index (χ4n) is 2.15. The Bertz CT molecular complexity index is 591. The van der Waals surface area contributed by atoms with Crippen LogP contribution < -0.4 is 0 Å². The quantitative estimate of drug-likeness (QED) is 0.420. The summed E-state index contributed by atoms with van der Waals surface area (Å²) in [5, 5.41) is 0. The molecule has 0 aliphatic heterocycles. The fourth-order valence-corrected chi connectivity index (χ4v) is 2.77. The van der Waals surface area contributed by atoms with Crippen molar-refractivity contribution in [1.29, 1.82) is 0 Å². The van der Waals surface area contributed by atoms with Crippen molar-refractivity contribution in [1.82, 2.24) is 0 Å². The third-order valence-electron chi connectivity index (χ3n) is 3.19. The van der Waals surface area contributed by atoms with Gasteiger partial charge in [0.2, 0.25) is 0 Å². The summed E-state index contributed by atoms with van der Waals surface area (Å²) >= 11 is 0. The molecular formula is C20H30O3Si. The number of hydrogen-bond acceptors (Lipinski definition) is 3. The summed E-state index contributed by atoms with van der Waals surface area (Å²) in [5.74, 6) is 6.22. The Labute approximate surface area is 147 Å². The summed E-state index contributed by atoms with van der Waals surface area (Å²) in [6.07, 6.45) is -0.102. The molecule has 0 saturated heterocycles. The van der Waals surface area contributed by atoms with Crippen molar-refractivity contribution in [2.45, 2.75) is 65.1 Å². The standard InChI is InChI=1S/C20H30O3Si/c1-7-22-20(21)19(23-16(2)3)15-18-11-8-10-17(14-18)12-9-13-24(4,5)6/h8,10-11,14,16,19H,7,13,15H2,1-6H3. The van der Waals surface area contributed by atoms with Gasteiger partial charge in [0, 0.05) is 18.0 Å². The van der Waals surface area contributed by atoms with E-state index in [1.165, 1.54) is 0 Å². The second-order valence-electron chi connectivity index (χ2n) is 7.37. The first-order chi connectivity index (χ1) is 11.2. The number of rotatable bonds is 7. The molecule has 132 valence electrons. The molecule has 24 heavy (non-hydrogen) atoms. The lowest BCUT2D eigenvalue weighted by Gasteiger charge is -2.19. The third-order valence-corrected chi connectivity index (χ3v) is 4.42. The highest BCUT2D eigenvalue weighted by Crippen LogP contribution is 2.13. The molecule has 3 nitrogen and oxygen atoms in total. The van der Waals surface area contributed by atoms with Crippen molar-refractivity contribution in [3.63, 3.8) is 0 Å². The Kier molecular flexibility index (Phi) is 8.24. The van der Waals surface area contributed by atoms with Gasteiger partial charge >= 0.3 is 5.97 Å². The van der Waals surface area contributed by atoms with Crippen molar-refractivity contribution >= 4 is 14.0 Å². The molecule has 0 spiro atoms. The SMILES string of the molecule is CCOC(=O)C(Cc1cccc(C#CC[Si](C)(C)C)c1)OC(C)C. The summed E-state index contributed by atoms with van der Waals surface area (Å²) in [6.45, 7) is 12.9. The van der Waals surface area contributed by atoms with Crippen LogP contribution in [0.5, 0.6) is 0 Å². The summed E-state index contributed by atoms with van der Waals surface area (Å²) in [7, 11) is -1.15. The Morgan fingerprint density at radius 1 is 1.25 bits per heavy atom. The molecule has 0 N–H and O–H groups in total. The Morgan fingerprint density at radius 3 is 2.54 bits per heavy atom. The highest BCUT2D eigenvalue weighted by atomic mass is 28.3. The second kappa shape index (κ2) is 9.66. The largest absolute Gasteiger partial charge is 0.464 e. The van der Waals surface area contributed by atoms with Crippen LogP contribution in [-0.2, 0) is 20.7 Å². The second-order valence-corrected chi connectivity index (χ2v) is 12.8. The van der Waals surface area contributed by atoms with E-state index >= 15 is 0 Å². The first kappa shape index (κ1) is 20.5. The molecule has 0 heterocycles. The maximum atomic E-state index is 12.1. The third kappa shape index (κ3) is 8.33. The minimum atomic E-state index is -1.15. The lowest BCUT2D eigenvalue weighted by atomic mass is 10.0. The Hall–Kier alpha value is -1.57. The molecule has 0 saturated carbocycles. The van der Waals surface area contributed by atoms with Gasteiger partial charge in [-0.15, -0.1) is 5.92 Å². The maximum Gasteiger partial charge on any atom is 0.335 e. The van der Waals surface area contributed by atoms with Crippen LogP contribution in [0.4, 0.5) is 0 Å². The van der Waals surface area contributed by atoms with E-state index in [9.17, 15) is 4.79 Å². The molecule has 0 fully saturated rings. The fraction of sp³-hybridized carbons (Fsp3) is 0.550. The molecule has 1 rings (SSSR count). The van der Waals surface area contributed by atoms with Crippen molar-refractivity contribution in [3.8, 4) is 11.8 Å². The highest BCUT2D eigenvalue weighted by Gasteiger charge is 2.22. The number of benzene rings is 1. The maximum absolute atomic E-state index is 12.1. The van der Waals surface area contributed by atoms with Gasteiger partial charge in [-0.1, -0.05) is 37.7 Å². The van der Waals surface area contributed by atoms with Crippen LogP contribution in [0.2, 0.25) is 25.7 Å². The summed E-state index contributed by atoms with van der Waals surface area (Å²) in [4.78, 5) is 12.1. The highest BCUT2D eigenvalue weighted by molar-refractivity contribution is 6.76. The first-order valence-electron chi connectivity index (χ1n) is 8.61. The molecule has 4 heteroatoms. The molecule has 0 bridgehead atoms. The molecule has 1 aromatic carbocycles. The van der Waals surface area contributed by atoms with Gasteiger partial charge < -0.3 is 9.47 Å². The molecule has 0 aliphatic carbocycles. The molecule has 1 unspecified atom stereocenters.